The normalized spacial score (nSPS) is 11.3. The van der Waals surface area contributed by atoms with Crippen LogP contribution in [0.25, 0.3) is 6.08 Å². The SMILES string of the molecule is NC(Cc1ccc([N+](=O)[O-])cc1)C(=O)O.O=C(O)C=Cc1ccc(O)c(O)c1. The molecule has 10 nitrogen and oxygen atoms in total. The van der Waals surface area contributed by atoms with Gasteiger partial charge in [0.2, 0.25) is 0 Å². The summed E-state index contributed by atoms with van der Waals surface area (Å²) in [5.74, 6) is -2.65. The van der Waals surface area contributed by atoms with E-state index in [-0.39, 0.29) is 23.6 Å². The number of carbonyl (C=O) groups is 2. The fraction of sp³-hybridized carbons (Fsp3) is 0.111. The molecule has 0 radical (unpaired) electrons. The van der Waals surface area contributed by atoms with E-state index in [1.54, 1.807) is 0 Å². The summed E-state index contributed by atoms with van der Waals surface area (Å²) >= 11 is 0. The van der Waals surface area contributed by atoms with Crippen LogP contribution >= 0.6 is 0 Å². The molecule has 0 aliphatic rings. The Morgan fingerprint density at radius 3 is 2.14 bits per heavy atom. The van der Waals surface area contributed by atoms with Crippen molar-refractivity contribution in [3.8, 4) is 11.5 Å². The Morgan fingerprint density at radius 2 is 1.68 bits per heavy atom. The summed E-state index contributed by atoms with van der Waals surface area (Å²) in [5, 5.41) is 45.1. The summed E-state index contributed by atoms with van der Waals surface area (Å²) in [4.78, 5) is 30.4. The molecule has 0 heterocycles. The number of nitrogens with zero attached hydrogens (tertiary/aromatic N) is 1. The van der Waals surface area contributed by atoms with Crippen LogP contribution in [0.4, 0.5) is 5.69 Å². The second kappa shape index (κ2) is 10.3. The molecule has 0 amide bonds. The second-order valence-electron chi connectivity index (χ2n) is 5.49. The van der Waals surface area contributed by atoms with Crippen LogP contribution in [0.1, 0.15) is 11.1 Å². The van der Waals surface area contributed by atoms with Gasteiger partial charge in [-0.1, -0.05) is 18.2 Å². The van der Waals surface area contributed by atoms with Crippen LogP contribution < -0.4 is 5.73 Å². The van der Waals surface area contributed by atoms with Gasteiger partial charge in [-0.3, -0.25) is 14.9 Å². The van der Waals surface area contributed by atoms with Crippen molar-refractivity contribution in [1.29, 1.82) is 0 Å². The highest BCUT2D eigenvalue weighted by molar-refractivity contribution is 5.85. The van der Waals surface area contributed by atoms with Crippen molar-refractivity contribution in [2.75, 3.05) is 0 Å². The lowest BCUT2D eigenvalue weighted by molar-refractivity contribution is -0.384. The summed E-state index contributed by atoms with van der Waals surface area (Å²) in [7, 11) is 0. The first-order chi connectivity index (χ1) is 13.1. The minimum absolute atomic E-state index is 0.0253. The molecule has 6 N–H and O–H groups in total. The third-order valence-electron chi connectivity index (χ3n) is 3.34. The van der Waals surface area contributed by atoms with E-state index >= 15 is 0 Å². The van der Waals surface area contributed by atoms with E-state index in [4.69, 9.17) is 26.2 Å². The first kappa shape index (κ1) is 22.1. The number of hydrogen-bond acceptors (Lipinski definition) is 7. The Kier molecular flexibility index (Phi) is 8.12. The molecule has 2 rings (SSSR count). The summed E-state index contributed by atoms with van der Waals surface area (Å²) in [6.45, 7) is 0. The molecule has 0 saturated heterocycles. The molecule has 0 fully saturated rings. The number of carboxylic acid groups (broad SMARTS) is 2. The lowest BCUT2D eigenvalue weighted by Gasteiger charge is -2.05. The number of phenolic OH excluding ortho intramolecular Hbond substituents is 2. The highest BCUT2D eigenvalue weighted by Crippen LogP contribution is 2.25. The topological polar surface area (TPSA) is 184 Å². The average molecular weight is 390 g/mol. The zero-order chi connectivity index (χ0) is 21.3. The monoisotopic (exact) mass is 390 g/mol. The number of nitro groups is 1. The number of nitrogens with two attached hydrogens (primary N) is 1. The number of hydrogen-bond donors (Lipinski definition) is 5. The van der Waals surface area contributed by atoms with Gasteiger partial charge in [-0.15, -0.1) is 0 Å². The Hall–Kier alpha value is -3.92. The number of carboxylic acids is 2. The van der Waals surface area contributed by atoms with Gasteiger partial charge in [0.15, 0.2) is 11.5 Å². The smallest absolute Gasteiger partial charge is 0.328 e. The summed E-state index contributed by atoms with van der Waals surface area (Å²) in [6, 6.07) is 8.72. The van der Waals surface area contributed by atoms with Gasteiger partial charge in [0.1, 0.15) is 6.04 Å². The quantitative estimate of drug-likeness (QED) is 0.212. The Labute approximate surface area is 158 Å². The van der Waals surface area contributed by atoms with E-state index in [1.165, 1.54) is 48.5 Å². The van der Waals surface area contributed by atoms with Gasteiger partial charge >= 0.3 is 11.9 Å². The number of rotatable bonds is 6. The van der Waals surface area contributed by atoms with Crippen molar-refractivity contribution in [2.45, 2.75) is 12.5 Å². The minimum atomic E-state index is -1.09. The predicted molar refractivity (Wildman–Crippen MR) is 98.9 cm³/mol. The van der Waals surface area contributed by atoms with E-state index in [0.29, 0.717) is 11.1 Å². The molecule has 0 saturated carbocycles. The predicted octanol–water partition coefficient (Wildman–Crippen LogP) is 1.74. The van der Waals surface area contributed by atoms with Crippen LogP contribution in [0.5, 0.6) is 11.5 Å². The Balaban J connectivity index is 0.000000283. The fourth-order valence-corrected chi connectivity index (χ4v) is 1.91. The van der Waals surface area contributed by atoms with Crippen LogP contribution in [0, 0.1) is 10.1 Å². The van der Waals surface area contributed by atoms with Gasteiger partial charge in [-0.25, -0.2) is 4.79 Å². The molecule has 2 aromatic carbocycles. The molecular formula is C18H18N2O8. The molecule has 0 bridgehead atoms. The molecule has 2 aromatic rings. The summed E-state index contributed by atoms with van der Waals surface area (Å²) < 4.78 is 0. The zero-order valence-electron chi connectivity index (χ0n) is 14.4. The lowest BCUT2D eigenvalue weighted by Crippen LogP contribution is -2.32. The van der Waals surface area contributed by atoms with E-state index in [0.717, 1.165) is 6.08 Å². The van der Waals surface area contributed by atoms with Crippen molar-refractivity contribution >= 4 is 23.7 Å². The first-order valence-corrected chi connectivity index (χ1v) is 7.75. The molecule has 1 atom stereocenters. The van der Waals surface area contributed by atoms with Crippen molar-refractivity contribution in [3.05, 3.63) is 69.8 Å². The van der Waals surface area contributed by atoms with E-state index in [9.17, 15) is 19.7 Å². The van der Waals surface area contributed by atoms with Crippen molar-refractivity contribution < 1.29 is 34.9 Å². The lowest BCUT2D eigenvalue weighted by atomic mass is 10.1. The highest BCUT2D eigenvalue weighted by atomic mass is 16.6. The molecule has 0 spiro atoms. The second-order valence-corrected chi connectivity index (χ2v) is 5.49. The molecule has 28 heavy (non-hydrogen) atoms. The molecule has 1 unspecified atom stereocenters. The van der Waals surface area contributed by atoms with Crippen LogP contribution in [-0.4, -0.2) is 43.3 Å². The number of nitro benzene ring substituents is 1. The van der Waals surface area contributed by atoms with Crippen molar-refractivity contribution in [1.82, 2.24) is 0 Å². The van der Waals surface area contributed by atoms with Crippen LogP contribution in [0.3, 0.4) is 0 Å². The van der Waals surface area contributed by atoms with Crippen LogP contribution in [0.2, 0.25) is 0 Å². The molecule has 0 aliphatic heterocycles. The maximum absolute atomic E-state index is 10.4. The number of phenols is 2. The molecule has 0 aromatic heterocycles. The summed E-state index contributed by atoms with van der Waals surface area (Å²) in [6.07, 6.45) is 2.43. The Morgan fingerprint density at radius 1 is 1.07 bits per heavy atom. The number of aliphatic carboxylic acids is 2. The zero-order valence-corrected chi connectivity index (χ0v) is 14.4. The number of aromatic hydroxyl groups is 2. The van der Waals surface area contributed by atoms with Gasteiger partial charge < -0.3 is 26.2 Å². The van der Waals surface area contributed by atoms with Crippen molar-refractivity contribution in [3.63, 3.8) is 0 Å². The molecule has 0 aliphatic carbocycles. The number of non-ortho nitro benzene ring substituents is 1. The van der Waals surface area contributed by atoms with E-state index in [1.807, 2.05) is 0 Å². The highest BCUT2D eigenvalue weighted by Gasteiger charge is 2.12. The van der Waals surface area contributed by atoms with Gasteiger partial charge in [0.05, 0.1) is 4.92 Å². The first-order valence-electron chi connectivity index (χ1n) is 7.75. The number of benzene rings is 2. The third kappa shape index (κ3) is 7.54. The third-order valence-corrected chi connectivity index (χ3v) is 3.34. The Bertz CT molecular complexity index is 878. The maximum Gasteiger partial charge on any atom is 0.328 e. The largest absolute Gasteiger partial charge is 0.504 e. The van der Waals surface area contributed by atoms with Crippen molar-refractivity contribution in [2.24, 2.45) is 5.73 Å². The molecule has 148 valence electrons. The van der Waals surface area contributed by atoms with Crippen LogP contribution in [-0.2, 0) is 16.0 Å². The fourth-order valence-electron chi connectivity index (χ4n) is 1.91. The summed E-state index contributed by atoms with van der Waals surface area (Å²) in [5.41, 5.74) is 6.46. The maximum atomic E-state index is 10.4. The van der Waals surface area contributed by atoms with E-state index < -0.39 is 22.9 Å². The average Bonchev–Trinajstić information content (AvgIpc) is 2.63. The minimum Gasteiger partial charge on any atom is -0.504 e. The van der Waals surface area contributed by atoms with Crippen LogP contribution in [0.15, 0.2) is 48.5 Å². The van der Waals surface area contributed by atoms with Gasteiger partial charge in [0.25, 0.3) is 5.69 Å². The van der Waals surface area contributed by atoms with Gasteiger partial charge in [-0.2, -0.15) is 0 Å². The van der Waals surface area contributed by atoms with E-state index in [2.05, 4.69) is 0 Å². The standard InChI is InChI=1S/C9H10N2O4.C9H8O4/c10-8(9(12)13)5-6-1-3-7(4-2-6)11(14)15;10-7-3-1-6(5-8(7)11)2-4-9(12)13/h1-4,8H,5,10H2,(H,12,13);1-5,10-11H,(H,12,13). The van der Waals surface area contributed by atoms with Gasteiger partial charge in [0, 0.05) is 18.2 Å². The molecule has 10 heteroatoms. The van der Waals surface area contributed by atoms with Gasteiger partial charge in [-0.05, 0) is 35.8 Å². The molecular weight excluding hydrogens is 372 g/mol.